The van der Waals surface area contributed by atoms with Crippen molar-refractivity contribution in [2.45, 2.75) is 19.3 Å². The van der Waals surface area contributed by atoms with E-state index in [2.05, 4.69) is 19.4 Å². The monoisotopic (exact) mass is 169 g/mol. The molecule has 2 nitrogen and oxygen atoms in total. The highest BCUT2D eigenvalue weighted by molar-refractivity contribution is 4.87. The molecule has 2 heterocycles. The Labute approximate surface area is 75.5 Å². The van der Waals surface area contributed by atoms with Gasteiger partial charge in [0.25, 0.3) is 0 Å². The molecule has 0 atom stereocenters. The van der Waals surface area contributed by atoms with Crippen molar-refractivity contribution < 1.29 is 4.48 Å². The van der Waals surface area contributed by atoms with E-state index < -0.39 is 0 Å². The molecule has 2 rings (SSSR count). The van der Waals surface area contributed by atoms with Gasteiger partial charge in [-0.1, -0.05) is 0 Å². The van der Waals surface area contributed by atoms with E-state index in [0.717, 1.165) is 5.41 Å². The van der Waals surface area contributed by atoms with Crippen LogP contribution in [0, 0.1) is 5.41 Å². The molecule has 70 valence electrons. The average Bonchev–Trinajstić information content (AvgIpc) is 2.29. The Morgan fingerprint density at radius 3 is 2.25 bits per heavy atom. The first-order valence-electron chi connectivity index (χ1n) is 5.15. The van der Waals surface area contributed by atoms with Gasteiger partial charge in [-0.2, -0.15) is 0 Å². The molecule has 1 spiro atoms. The first-order chi connectivity index (χ1) is 5.62. The molecular formula is C10H21N2+. The van der Waals surface area contributed by atoms with Crippen molar-refractivity contribution in [2.75, 3.05) is 40.3 Å². The summed E-state index contributed by atoms with van der Waals surface area (Å²) in [6, 6.07) is 0. The summed E-state index contributed by atoms with van der Waals surface area (Å²) in [6.07, 6.45) is 4.28. The molecule has 0 saturated carbocycles. The van der Waals surface area contributed by atoms with E-state index in [-0.39, 0.29) is 0 Å². The maximum absolute atomic E-state index is 3.46. The highest BCUT2D eigenvalue weighted by Crippen LogP contribution is 2.40. The third-order valence-corrected chi connectivity index (χ3v) is 3.68. The zero-order chi connectivity index (χ0) is 8.66. The van der Waals surface area contributed by atoms with E-state index in [1.807, 2.05) is 0 Å². The number of likely N-dealkylation sites (tertiary alicyclic amines) is 1. The molecule has 0 aliphatic carbocycles. The second kappa shape index (κ2) is 2.71. The van der Waals surface area contributed by atoms with Crippen LogP contribution in [0.2, 0.25) is 0 Å². The predicted octanol–water partition coefficient (Wildman–Crippen LogP) is 0.836. The summed E-state index contributed by atoms with van der Waals surface area (Å²) in [4.78, 5) is 0. The van der Waals surface area contributed by atoms with Gasteiger partial charge in [0, 0.05) is 11.8 Å². The van der Waals surface area contributed by atoms with Crippen LogP contribution in [0.25, 0.3) is 0 Å². The topological polar surface area (TPSA) is 12.0 Å². The molecule has 0 aromatic rings. The Morgan fingerprint density at radius 2 is 1.75 bits per heavy atom. The van der Waals surface area contributed by atoms with Gasteiger partial charge in [0.05, 0.1) is 27.2 Å². The summed E-state index contributed by atoms with van der Waals surface area (Å²) in [7, 11) is 4.74. The second-order valence-electron chi connectivity index (χ2n) is 5.32. The first-order valence-corrected chi connectivity index (χ1v) is 5.15. The van der Waals surface area contributed by atoms with Crippen molar-refractivity contribution in [2.24, 2.45) is 5.41 Å². The van der Waals surface area contributed by atoms with Gasteiger partial charge in [0.1, 0.15) is 0 Å². The van der Waals surface area contributed by atoms with E-state index in [0.29, 0.717) is 0 Å². The molecule has 0 bridgehead atoms. The highest BCUT2D eigenvalue weighted by atomic mass is 15.3. The van der Waals surface area contributed by atoms with Crippen molar-refractivity contribution in [1.82, 2.24) is 5.32 Å². The fraction of sp³-hybridized carbons (Fsp3) is 1.00. The third-order valence-electron chi connectivity index (χ3n) is 3.68. The van der Waals surface area contributed by atoms with Crippen LogP contribution in [0.4, 0.5) is 0 Å². The number of hydrogen-bond acceptors (Lipinski definition) is 1. The van der Waals surface area contributed by atoms with Crippen molar-refractivity contribution in [3.05, 3.63) is 0 Å². The number of nitrogens with one attached hydrogen (secondary N) is 1. The van der Waals surface area contributed by atoms with Crippen LogP contribution in [-0.2, 0) is 0 Å². The lowest BCUT2D eigenvalue weighted by Crippen LogP contribution is -2.43. The molecule has 0 aromatic carbocycles. The zero-order valence-electron chi connectivity index (χ0n) is 8.40. The Balaban J connectivity index is 2.03. The minimum absolute atomic E-state index is 0.717. The standard InChI is InChI=1S/C10H21N2/c1-12(2)8-5-10(9-12)3-6-11-7-4-10/h11H,3-9H2,1-2H3/q+1. The van der Waals surface area contributed by atoms with E-state index in [1.165, 1.54) is 49.9 Å². The van der Waals surface area contributed by atoms with Crippen molar-refractivity contribution in [3.8, 4) is 0 Å². The summed E-state index contributed by atoms with van der Waals surface area (Å²) >= 11 is 0. The number of piperidine rings is 1. The van der Waals surface area contributed by atoms with Gasteiger partial charge < -0.3 is 9.80 Å². The Hall–Kier alpha value is -0.0800. The van der Waals surface area contributed by atoms with Crippen LogP contribution in [0.1, 0.15) is 19.3 Å². The van der Waals surface area contributed by atoms with Crippen LogP contribution in [-0.4, -0.2) is 44.8 Å². The maximum atomic E-state index is 3.46. The minimum Gasteiger partial charge on any atom is -0.328 e. The van der Waals surface area contributed by atoms with Gasteiger partial charge >= 0.3 is 0 Å². The molecule has 2 fully saturated rings. The number of quaternary nitrogens is 1. The lowest BCUT2D eigenvalue weighted by atomic mass is 9.78. The smallest absolute Gasteiger partial charge is 0.0842 e. The molecule has 0 unspecified atom stereocenters. The number of nitrogens with zero attached hydrogens (tertiary/aromatic N) is 1. The van der Waals surface area contributed by atoms with E-state index in [9.17, 15) is 0 Å². The van der Waals surface area contributed by atoms with Crippen molar-refractivity contribution in [3.63, 3.8) is 0 Å². The zero-order valence-corrected chi connectivity index (χ0v) is 8.40. The summed E-state index contributed by atoms with van der Waals surface area (Å²) in [6.45, 7) is 5.30. The van der Waals surface area contributed by atoms with Gasteiger partial charge in [0.2, 0.25) is 0 Å². The molecule has 0 amide bonds. The fourth-order valence-electron chi connectivity index (χ4n) is 2.97. The molecule has 0 radical (unpaired) electrons. The van der Waals surface area contributed by atoms with Crippen molar-refractivity contribution in [1.29, 1.82) is 0 Å². The van der Waals surface area contributed by atoms with Crippen LogP contribution < -0.4 is 5.32 Å². The predicted molar refractivity (Wildman–Crippen MR) is 51.0 cm³/mol. The van der Waals surface area contributed by atoms with E-state index >= 15 is 0 Å². The lowest BCUT2D eigenvalue weighted by Gasteiger charge is -2.33. The Kier molecular flexibility index (Phi) is 1.92. The summed E-state index contributed by atoms with van der Waals surface area (Å²) in [5.41, 5.74) is 0.717. The Morgan fingerprint density at radius 1 is 1.08 bits per heavy atom. The van der Waals surface area contributed by atoms with Gasteiger partial charge in [0.15, 0.2) is 0 Å². The third kappa shape index (κ3) is 1.50. The normalized spacial score (nSPS) is 32.5. The van der Waals surface area contributed by atoms with Gasteiger partial charge in [-0.3, -0.25) is 0 Å². The fourth-order valence-corrected chi connectivity index (χ4v) is 2.97. The lowest BCUT2D eigenvalue weighted by molar-refractivity contribution is -0.881. The molecule has 2 aliphatic rings. The summed E-state index contributed by atoms with van der Waals surface area (Å²) in [5.74, 6) is 0. The van der Waals surface area contributed by atoms with E-state index in [1.54, 1.807) is 0 Å². The number of hydrogen-bond donors (Lipinski definition) is 1. The largest absolute Gasteiger partial charge is 0.328 e. The molecule has 0 aromatic heterocycles. The quantitative estimate of drug-likeness (QED) is 0.530. The molecular weight excluding hydrogens is 148 g/mol. The molecule has 2 heteroatoms. The molecule has 2 aliphatic heterocycles. The SMILES string of the molecule is C[N+]1(C)CCC2(CCNCC2)C1. The minimum atomic E-state index is 0.717. The van der Waals surface area contributed by atoms with Gasteiger partial charge in [-0.25, -0.2) is 0 Å². The second-order valence-corrected chi connectivity index (χ2v) is 5.32. The molecule has 12 heavy (non-hydrogen) atoms. The Bertz CT molecular complexity index is 169. The van der Waals surface area contributed by atoms with Gasteiger partial charge in [-0.15, -0.1) is 0 Å². The first kappa shape index (κ1) is 8.52. The van der Waals surface area contributed by atoms with Crippen LogP contribution in [0.3, 0.4) is 0 Å². The molecule has 2 saturated heterocycles. The highest BCUT2D eigenvalue weighted by Gasteiger charge is 2.44. The molecule has 1 N–H and O–H groups in total. The number of rotatable bonds is 0. The summed E-state index contributed by atoms with van der Waals surface area (Å²) < 4.78 is 1.25. The summed E-state index contributed by atoms with van der Waals surface area (Å²) in [5, 5.41) is 3.46. The van der Waals surface area contributed by atoms with E-state index in [4.69, 9.17) is 0 Å². The van der Waals surface area contributed by atoms with Crippen LogP contribution in [0.15, 0.2) is 0 Å². The van der Waals surface area contributed by atoms with Crippen LogP contribution >= 0.6 is 0 Å². The average molecular weight is 169 g/mol. The van der Waals surface area contributed by atoms with Crippen molar-refractivity contribution >= 4 is 0 Å². The van der Waals surface area contributed by atoms with Gasteiger partial charge in [-0.05, 0) is 25.9 Å². The van der Waals surface area contributed by atoms with Crippen LogP contribution in [0.5, 0.6) is 0 Å². The maximum Gasteiger partial charge on any atom is 0.0842 e.